The van der Waals surface area contributed by atoms with Crippen LogP contribution >= 0.6 is 11.3 Å². The highest BCUT2D eigenvalue weighted by Gasteiger charge is 2.35. The number of likely N-dealkylation sites (tertiary alicyclic amines) is 1. The molecule has 0 atom stereocenters. The van der Waals surface area contributed by atoms with Crippen LogP contribution in [0.25, 0.3) is 0 Å². The molecule has 1 aromatic heterocycles. The van der Waals surface area contributed by atoms with Gasteiger partial charge in [-0.1, -0.05) is 0 Å². The van der Waals surface area contributed by atoms with Gasteiger partial charge >= 0.3 is 5.97 Å². The SMILES string of the molecule is CCOC(=O)C1CCN(C(=O)c2sccc2S(=O)(=O)N2CCCC2)CC1. The molecule has 0 saturated carbocycles. The van der Waals surface area contributed by atoms with E-state index in [-0.39, 0.29) is 27.6 Å². The molecule has 0 aliphatic carbocycles. The van der Waals surface area contributed by atoms with Crippen molar-refractivity contribution >= 4 is 33.2 Å². The molecule has 144 valence electrons. The molecule has 2 saturated heterocycles. The highest BCUT2D eigenvalue weighted by Crippen LogP contribution is 2.30. The largest absolute Gasteiger partial charge is 0.466 e. The Morgan fingerprint density at radius 1 is 1.19 bits per heavy atom. The average molecular weight is 401 g/mol. The minimum absolute atomic E-state index is 0.113. The molecule has 0 N–H and O–H groups in total. The highest BCUT2D eigenvalue weighted by atomic mass is 32.2. The van der Waals surface area contributed by atoms with Crippen molar-refractivity contribution in [2.24, 2.45) is 5.92 Å². The highest BCUT2D eigenvalue weighted by molar-refractivity contribution is 7.89. The number of thiophene rings is 1. The van der Waals surface area contributed by atoms with Crippen LogP contribution in [0, 0.1) is 5.92 Å². The first-order valence-corrected chi connectivity index (χ1v) is 11.3. The smallest absolute Gasteiger partial charge is 0.309 e. The first-order chi connectivity index (χ1) is 12.4. The second kappa shape index (κ2) is 8.06. The summed E-state index contributed by atoms with van der Waals surface area (Å²) in [5, 5.41) is 1.65. The van der Waals surface area contributed by atoms with Crippen LogP contribution in [0.3, 0.4) is 0 Å². The van der Waals surface area contributed by atoms with Crippen LogP contribution in [0.1, 0.15) is 42.3 Å². The number of hydrogen-bond acceptors (Lipinski definition) is 6. The standard InChI is InChI=1S/C17H24N2O5S2/c1-2-24-17(21)13-5-10-18(11-6-13)16(20)15-14(7-12-25-15)26(22,23)19-8-3-4-9-19/h7,12-13H,2-6,8-11H2,1H3. The zero-order valence-electron chi connectivity index (χ0n) is 14.8. The van der Waals surface area contributed by atoms with Gasteiger partial charge in [-0.25, -0.2) is 8.42 Å². The Morgan fingerprint density at radius 2 is 1.85 bits per heavy atom. The summed E-state index contributed by atoms with van der Waals surface area (Å²) in [6.07, 6.45) is 2.80. The number of amides is 1. The number of nitrogens with zero attached hydrogens (tertiary/aromatic N) is 2. The van der Waals surface area contributed by atoms with Crippen LogP contribution in [-0.2, 0) is 19.6 Å². The van der Waals surface area contributed by atoms with Crippen LogP contribution in [0.15, 0.2) is 16.3 Å². The fourth-order valence-corrected chi connectivity index (χ4v) is 6.33. The number of ether oxygens (including phenoxy) is 1. The third-order valence-electron chi connectivity index (χ3n) is 4.91. The Bertz CT molecular complexity index is 760. The lowest BCUT2D eigenvalue weighted by molar-refractivity contribution is -0.149. The molecule has 26 heavy (non-hydrogen) atoms. The Kier molecular flexibility index (Phi) is 5.99. The quantitative estimate of drug-likeness (QED) is 0.706. The van der Waals surface area contributed by atoms with E-state index in [1.54, 1.807) is 17.2 Å². The Hall–Kier alpha value is -1.45. The topological polar surface area (TPSA) is 84.0 Å². The van der Waals surface area contributed by atoms with Gasteiger partial charge in [0.2, 0.25) is 10.0 Å². The number of rotatable bonds is 5. The van der Waals surface area contributed by atoms with E-state index in [0.29, 0.717) is 45.6 Å². The zero-order valence-corrected chi connectivity index (χ0v) is 16.5. The van der Waals surface area contributed by atoms with Crippen molar-refractivity contribution in [1.82, 2.24) is 9.21 Å². The summed E-state index contributed by atoms with van der Waals surface area (Å²) >= 11 is 1.16. The average Bonchev–Trinajstić information content (AvgIpc) is 3.33. The van der Waals surface area contributed by atoms with Crippen LogP contribution in [-0.4, -0.2) is 62.3 Å². The molecule has 3 heterocycles. The molecule has 0 radical (unpaired) electrons. The molecule has 3 rings (SSSR count). The van der Waals surface area contributed by atoms with Crippen LogP contribution < -0.4 is 0 Å². The van der Waals surface area contributed by atoms with Crippen LogP contribution in [0.4, 0.5) is 0 Å². The summed E-state index contributed by atoms with van der Waals surface area (Å²) < 4.78 is 32.1. The molecule has 0 spiro atoms. The molecular weight excluding hydrogens is 376 g/mol. The lowest BCUT2D eigenvalue weighted by Gasteiger charge is -2.31. The zero-order chi connectivity index (χ0) is 18.7. The van der Waals surface area contributed by atoms with Crippen molar-refractivity contribution in [2.45, 2.75) is 37.5 Å². The third kappa shape index (κ3) is 3.79. The Balaban J connectivity index is 1.70. The van der Waals surface area contributed by atoms with E-state index in [4.69, 9.17) is 4.74 Å². The molecule has 0 aromatic carbocycles. The van der Waals surface area contributed by atoms with E-state index in [9.17, 15) is 18.0 Å². The van der Waals surface area contributed by atoms with Gasteiger partial charge in [0.15, 0.2) is 0 Å². The van der Waals surface area contributed by atoms with Crippen molar-refractivity contribution in [2.75, 3.05) is 32.8 Å². The number of hydrogen-bond donors (Lipinski definition) is 0. The second-order valence-corrected chi connectivity index (χ2v) is 9.37. The minimum Gasteiger partial charge on any atom is -0.466 e. The Morgan fingerprint density at radius 3 is 2.46 bits per heavy atom. The molecule has 1 amide bonds. The van der Waals surface area contributed by atoms with E-state index >= 15 is 0 Å². The van der Waals surface area contributed by atoms with E-state index in [1.165, 1.54) is 10.4 Å². The van der Waals surface area contributed by atoms with E-state index < -0.39 is 10.0 Å². The molecular formula is C17H24N2O5S2. The fourth-order valence-electron chi connectivity index (χ4n) is 3.45. The molecule has 0 unspecified atom stereocenters. The van der Waals surface area contributed by atoms with Gasteiger partial charge in [-0.15, -0.1) is 11.3 Å². The molecule has 2 aliphatic heterocycles. The van der Waals surface area contributed by atoms with Gasteiger partial charge in [0.05, 0.1) is 12.5 Å². The van der Waals surface area contributed by atoms with Gasteiger partial charge in [-0.05, 0) is 44.1 Å². The number of esters is 1. The van der Waals surface area contributed by atoms with Gasteiger partial charge < -0.3 is 9.64 Å². The van der Waals surface area contributed by atoms with Crippen molar-refractivity contribution in [3.05, 3.63) is 16.3 Å². The summed E-state index contributed by atoms with van der Waals surface area (Å²) in [4.78, 5) is 26.7. The van der Waals surface area contributed by atoms with Crippen molar-refractivity contribution in [3.63, 3.8) is 0 Å². The van der Waals surface area contributed by atoms with Crippen molar-refractivity contribution in [3.8, 4) is 0 Å². The van der Waals surface area contributed by atoms with Crippen LogP contribution in [0.5, 0.6) is 0 Å². The predicted molar refractivity (Wildman–Crippen MR) is 97.6 cm³/mol. The molecule has 2 aliphatic rings. The van der Waals surface area contributed by atoms with Crippen molar-refractivity contribution in [1.29, 1.82) is 0 Å². The maximum Gasteiger partial charge on any atom is 0.309 e. The van der Waals surface area contributed by atoms with E-state index in [1.807, 2.05) is 0 Å². The summed E-state index contributed by atoms with van der Waals surface area (Å²) in [6.45, 7) is 4.01. The molecule has 7 nitrogen and oxygen atoms in total. The van der Waals surface area contributed by atoms with E-state index in [2.05, 4.69) is 0 Å². The molecule has 9 heteroatoms. The first kappa shape index (κ1) is 19.3. The second-order valence-electron chi connectivity index (χ2n) is 6.54. The number of carbonyl (C=O) groups is 2. The van der Waals surface area contributed by atoms with Gasteiger partial charge in [0.1, 0.15) is 9.77 Å². The summed E-state index contributed by atoms with van der Waals surface area (Å²) in [5.74, 6) is -0.664. The first-order valence-electron chi connectivity index (χ1n) is 8.98. The molecule has 2 fully saturated rings. The number of carbonyl (C=O) groups excluding carboxylic acids is 2. The normalized spacial score (nSPS) is 19.7. The maximum absolute atomic E-state index is 12.9. The maximum atomic E-state index is 12.9. The predicted octanol–water partition coefficient (Wildman–Crippen LogP) is 1.95. The molecule has 1 aromatic rings. The van der Waals surface area contributed by atoms with Gasteiger partial charge in [0.25, 0.3) is 5.91 Å². The Labute approximate surface area is 158 Å². The van der Waals surface area contributed by atoms with Gasteiger partial charge in [-0.2, -0.15) is 4.31 Å². The monoisotopic (exact) mass is 400 g/mol. The summed E-state index contributed by atoms with van der Waals surface area (Å²) in [5.41, 5.74) is 0. The third-order valence-corrected chi connectivity index (χ3v) is 7.88. The van der Waals surface area contributed by atoms with E-state index in [0.717, 1.165) is 24.2 Å². The fraction of sp³-hybridized carbons (Fsp3) is 0.647. The summed E-state index contributed by atoms with van der Waals surface area (Å²) in [6, 6.07) is 1.52. The van der Waals surface area contributed by atoms with Crippen molar-refractivity contribution < 1.29 is 22.7 Å². The van der Waals surface area contributed by atoms with Crippen LogP contribution in [0.2, 0.25) is 0 Å². The summed E-state index contributed by atoms with van der Waals surface area (Å²) in [7, 11) is -3.62. The minimum atomic E-state index is -3.62. The molecule has 0 bridgehead atoms. The number of sulfonamides is 1. The lowest BCUT2D eigenvalue weighted by atomic mass is 9.97. The van der Waals surface area contributed by atoms with Gasteiger partial charge in [0, 0.05) is 26.2 Å². The van der Waals surface area contributed by atoms with Gasteiger partial charge in [-0.3, -0.25) is 9.59 Å². The number of piperidine rings is 1. The lowest BCUT2D eigenvalue weighted by Crippen LogP contribution is -2.41.